The van der Waals surface area contributed by atoms with Crippen LogP contribution >= 0.6 is 0 Å². The largest absolute Gasteiger partial charge is 0.458 e. The van der Waals surface area contributed by atoms with E-state index in [2.05, 4.69) is 24.3 Å². The Balaban J connectivity index is 1.35. The monoisotopic (exact) mass is 396 g/mol. The topological polar surface area (TPSA) is 52.6 Å². The predicted octanol–water partition coefficient (Wildman–Crippen LogP) is 5.26. The molecule has 4 heteroatoms. The van der Waals surface area contributed by atoms with Crippen LogP contribution in [0.4, 0.5) is 0 Å². The van der Waals surface area contributed by atoms with Gasteiger partial charge in [-0.2, -0.15) is 0 Å². The normalized spacial score (nSPS) is 32.0. The number of esters is 2. The van der Waals surface area contributed by atoms with Gasteiger partial charge in [-0.3, -0.25) is 9.59 Å². The van der Waals surface area contributed by atoms with Crippen LogP contribution in [-0.4, -0.2) is 24.1 Å². The molecule has 1 aromatic rings. The van der Waals surface area contributed by atoms with Crippen molar-refractivity contribution in [1.82, 2.24) is 0 Å². The Morgan fingerprint density at radius 1 is 0.655 bits per heavy atom. The Bertz CT molecular complexity index is 697. The van der Waals surface area contributed by atoms with Crippen LogP contribution in [-0.2, 0) is 19.1 Å². The van der Waals surface area contributed by atoms with Crippen molar-refractivity contribution in [2.45, 2.75) is 94.7 Å². The number of carbonyl (C=O) groups excluding carboxylic acids is 2. The minimum atomic E-state index is -0.322. The molecule has 29 heavy (non-hydrogen) atoms. The molecule has 0 aromatic heterocycles. The van der Waals surface area contributed by atoms with Crippen LogP contribution < -0.4 is 0 Å². The lowest BCUT2D eigenvalue weighted by Crippen LogP contribution is -2.41. The first-order chi connectivity index (χ1) is 14.2. The van der Waals surface area contributed by atoms with Crippen LogP contribution in [0.5, 0.6) is 0 Å². The zero-order chi connectivity index (χ0) is 19.8. The molecular formula is C25H32O4. The van der Waals surface area contributed by atoms with Gasteiger partial charge in [-0.25, -0.2) is 0 Å². The fraction of sp³-hybridized carbons (Fsp3) is 0.680. The van der Waals surface area contributed by atoms with Crippen molar-refractivity contribution in [3.05, 3.63) is 35.4 Å². The third-order valence-electron chi connectivity index (χ3n) is 7.80. The third kappa shape index (κ3) is 3.60. The van der Waals surface area contributed by atoms with Gasteiger partial charge in [-0.05, 0) is 43.2 Å². The van der Waals surface area contributed by atoms with E-state index in [1.807, 2.05) is 0 Å². The van der Waals surface area contributed by atoms with Gasteiger partial charge in [0.1, 0.15) is 12.2 Å². The number of fused-ring (bicyclic) bond motifs is 5. The molecule has 0 heterocycles. The number of hydrogen-bond donors (Lipinski definition) is 0. The molecular weight excluding hydrogens is 364 g/mol. The van der Waals surface area contributed by atoms with Crippen LogP contribution in [0.3, 0.4) is 0 Å². The van der Waals surface area contributed by atoms with E-state index < -0.39 is 0 Å². The summed E-state index contributed by atoms with van der Waals surface area (Å²) in [5.74, 6) is 0.221. The standard InChI is InChI=1S/C25H32O4/c26-24(16-9-3-1-4-10-16)28-22-20-15-21(19-14-8-7-13-18(19)20)23(22)29-25(27)17-11-5-2-6-12-17/h7-8,13-14,16-17,20-23H,1-6,9-12,15H2/t20?,21?,22-,23+. The molecule has 3 fully saturated rings. The summed E-state index contributed by atoms with van der Waals surface area (Å²) in [5, 5.41) is 0. The highest BCUT2D eigenvalue weighted by Gasteiger charge is 2.55. The number of carbonyl (C=O) groups is 2. The van der Waals surface area contributed by atoms with Gasteiger partial charge in [0.2, 0.25) is 0 Å². The summed E-state index contributed by atoms with van der Waals surface area (Å²) < 4.78 is 12.3. The van der Waals surface area contributed by atoms with Crippen LogP contribution in [0.2, 0.25) is 0 Å². The van der Waals surface area contributed by atoms with Crippen molar-refractivity contribution in [1.29, 1.82) is 0 Å². The molecule has 0 N–H and O–H groups in total. The SMILES string of the molecule is O=C(O[C@@H]1C2CC(c3ccccc32)[C@@H]1OC(=O)C1CCCCC1)C1CCCCC1. The molecule has 0 radical (unpaired) electrons. The molecule has 5 rings (SSSR count). The van der Waals surface area contributed by atoms with Crippen LogP contribution in [0.1, 0.15) is 93.6 Å². The zero-order valence-corrected chi connectivity index (χ0v) is 17.2. The Kier molecular flexibility index (Phi) is 5.36. The molecule has 4 nitrogen and oxygen atoms in total. The lowest BCUT2D eigenvalue weighted by atomic mass is 9.86. The molecule has 2 bridgehead atoms. The second-order valence-electron chi connectivity index (χ2n) is 9.55. The summed E-state index contributed by atoms with van der Waals surface area (Å²) in [5.41, 5.74) is 2.56. The van der Waals surface area contributed by atoms with E-state index in [9.17, 15) is 9.59 Å². The molecule has 1 aromatic carbocycles. The molecule has 4 aliphatic carbocycles. The summed E-state index contributed by atoms with van der Waals surface area (Å²) in [4.78, 5) is 25.8. The van der Waals surface area contributed by atoms with E-state index in [0.29, 0.717) is 0 Å². The molecule has 3 saturated carbocycles. The highest BCUT2D eigenvalue weighted by Crippen LogP contribution is 2.55. The van der Waals surface area contributed by atoms with Crippen molar-refractivity contribution in [2.24, 2.45) is 11.8 Å². The first kappa shape index (κ1) is 19.1. The van der Waals surface area contributed by atoms with Crippen molar-refractivity contribution in [2.75, 3.05) is 0 Å². The maximum absolute atomic E-state index is 12.9. The Labute approximate surface area is 173 Å². The maximum atomic E-state index is 12.9. The Morgan fingerprint density at radius 2 is 1.07 bits per heavy atom. The fourth-order valence-electron chi connectivity index (χ4n) is 6.23. The van der Waals surface area contributed by atoms with Crippen LogP contribution in [0.25, 0.3) is 0 Å². The number of benzene rings is 1. The van der Waals surface area contributed by atoms with Gasteiger partial charge in [-0.1, -0.05) is 62.8 Å². The second-order valence-corrected chi connectivity index (χ2v) is 9.55. The second kappa shape index (κ2) is 8.12. The quantitative estimate of drug-likeness (QED) is 0.652. The van der Waals surface area contributed by atoms with Gasteiger partial charge < -0.3 is 9.47 Å². The summed E-state index contributed by atoms with van der Waals surface area (Å²) in [7, 11) is 0. The molecule has 4 aliphatic rings. The lowest BCUT2D eigenvalue weighted by Gasteiger charge is -2.34. The first-order valence-corrected chi connectivity index (χ1v) is 11.7. The van der Waals surface area contributed by atoms with E-state index in [1.54, 1.807) is 0 Å². The van der Waals surface area contributed by atoms with E-state index in [4.69, 9.17) is 9.47 Å². The van der Waals surface area contributed by atoms with Crippen molar-refractivity contribution in [3.63, 3.8) is 0 Å². The van der Waals surface area contributed by atoms with Gasteiger partial charge in [0.25, 0.3) is 0 Å². The number of rotatable bonds is 4. The molecule has 0 spiro atoms. The molecule has 0 amide bonds. The van der Waals surface area contributed by atoms with Gasteiger partial charge in [0.05, 0.1) is 11.8 Å². The van der Waals surface area contributed by atoms with Crippen molar-refractivity contribution in [3.8, 4) is 0 Å². The summed E-state index contributed by atoms with van der Waals surface area (Å²) in [6.07, 6.45) is 10.9. The Morgan fingerprint density at radius 3 is 1.48 bits per heavy atom. The third-order valence-corrected chi connectivity index (χ3v) is 7.80. The predicted molar refractivity (Wildman–Crippen MR) is 109 cm³/mol. The van der Waals surface area contributed by atoms with Crippen molar-refractivity contribution < 1.29 is 19.1 Å². The summed E-state index contributed by atoms with van der Waals surface area (Å²) in [6.45, 7) is 0. The van der Waals surface area contributed by atoms with E-state index in [1.165, 1.54) is 24.0 Å². The number of ether oxygens (including phenoxy) is 2. The van der Waals surface area contributed by atoms with E-state index in [0.717, 1.165) is 57.8 Å². The van der Waals surface area contributed by atoms with Gasteiger partial charge >= 0.3 is 11.9 Å². The molecule has 0 saturated heterocycles. The van der Waals surface area contributed by atoms with Crippen molar-refractivity contribution >= 4 is 11.9 Å². The lowest BCUT2D eigenvalue weighted by molar-refractivity contribution is -0.174. The van der Waals surface area contributed by atoms with Gasteiger partial charge in [0, 0.05) is 11.8 Å². The van der Waals surface area contributed by atoms with Crippen LogP contribution in [0.15, 0.2) is 24.3 Å². The average Bonchev–Trinajstić information content (AvgIpc) is 3.32. The summed E-state index contributed by atoms with van der Waals surface area (Å²) in [6, 6.07) is 8.42. The minimum Gasteiger partial charge on any atom is -0.458 e. The van der Waals surface area contributed by atoms with Crippen LogP contribution in [0, 0.1) is 11.8 Å². The Hall–Kier alpha value is -1.84. The fourth-order valence-corrected chi connectivity index (χ4v) is 6.23. The minimum absolute atomic E-state index is 0.0211. The average molecular weight is 397 g/mol. The molecule has 156 valence electrons. The molecule has 4 atom stereocenters. The highest BCUT2D eigenvalue weighted by atomic mass is 16.6. The molecule has 0 aliphatic heterocycles. The number of hydrogen-bond acceptors (Lipinski definition) is 4. The smallest absolute Gasteiger partial charge is 0.309 e. The maximum Gasteiger partial charge on any atom is 0.309 e. The highest BCUT2D eigenvalue weighted by molar-refractivity contribution is 5.74. The first-order valence-electron chi connectivity index (χ1n) is 11.7. The summed E-state index contributed by atoms with van der Waals surface area (Å²) >= 11 is 0. The van der Waals surface area contributed by atoms with E-state index in [-0.39, 0.29) is 47.8 Å². The molecule has 2 unspecified atom stereocenters. The van der Waals surface area contributed by atoms with Gasteiger partial charge in [0.15, 0.2) is 0 Å². The zero-order valence-electron chi connectivity index (χ0n) is 17.2. The van der Waals surface area contributed by atoms with Gasteiger partial charge in [-0.15, -0.1) is 0 Å². The van der Waals surface area contributed by atoms with E-state index >= 15 is 0 Å².